The summed E-state index contributed by atoms with van der Waals surface area (Å²) in [7, 11) is 0. The lowest BCUT2D eigenvalue weighted by Gasteiger charge is -2.19. The van der Waals surface area contributed by atoms with Gasteiger partial charge >= 0.3 is 6.18 Å². The first-order chi connectivity index (χ1) is 9.42. The van der Waals surface area contributed by atoms with E-state index in [2.05, 4.69) is 10.6 Å². The SMILES string of the molecule is CCCC(NC(=O)CNCC(F)(F)F)c1ccccc1. The normalized spacial score (nSPS) is 13.0. The Morgan fingerprint density at radius 1 is 1.25 bits per heavy atom. The van der Waals surface area contributed by atoms with Gasteiger partial charge in [-0.05, 0) is 12.0 Å². The topological polar surface area (TPSA) is 41.1 Å². The van der Waals surface area contributed by atoms with Gasteiger partial charge in [-0.25, -0.2) is 0 Å². The van der Waals surface area contributed by atoms with Crippen LogP contribution in [0.25, 0.3) is 0 Å². The first-order valence-electron chi connectivity index (χ1n) is 6.54. The fraction of sp³-hybridized carbons (Fsp3) is 0.500. The first-order valence-corrected chi connectivity index (χ1v) is 6.54. The van der Waals surface area contributed by atoms with E-state index in [1.54, 1.807) is 0 Å². The number of benzene rings is 1. The summed E-state index contributed by atoms with van der Waals surface area (Å²) in [5.41, 5.74) is 0.957. The third-order valence-electron chi connectivity index (χ3n) is 2.73. The summed E-state index contributed by atoms with van der Waals surface area (Å²) >= 11 is 0. The van der Waals surface area contributed by atoms with E-state index in [0.29, 0.717) is 0 Å². The van der Waals surface area contributed by atoms with E-state index in [1.807, 2.05) is 37.3 Å². The second-order valence-corrected chi connectivity index (χ2v) is 4.54. The number of amides is 1. The van der Waals surface area contributed by atoms with E-state index in [4.69, 9.17) is 0 Å². The number of carbonyl (C=O) groups excluding carboxylic acids is 1. The zero-order chi connectivity index (χ0) is 15.0. The quantitative estimate of drug-likeness (QED) is 0.810. The van der Waals surface area contributed by atoms with Gasteiger partial charge in [0.1, 0.15) is 0 Å². The van der Waals surface area contributed by atoms with Gasteiger partial charge in [0.05, 0.1) is 19.1 Å². The largest absolute Gasteiger partial charge is 0.401 e. The minimum absolute atomic E-state index is 0.165. The lowest BCUT2D eigenvalue weighted by molar-refractivity contribution is -0.128. The van der Waals surface area contributed by atoms with Crippen LogP contribution in [0.15, 0.2) is 30.3 Å². The van der Waals surface area contributed by atoms with Crippen molar-refractivity contribution in [2.45, 2.75) is 32.0 Å². The Morgan fingerprint density at radius 3 is 2.45 bits per heavy atom. The molecule has 0 heterocycles. The molecule has 0 aliphatic rings. The lowest BCUT2D eigenvalue weighted by Crippen LogP contribution is -2.39. The van der Waals surface area contributed by atoms with Gasteiger partial charge in [-0.1, -0.05) is 43.7 Å². The standard InChI is InChI=1S/C14H19F3N2O/c1-2-6-12(11-7-4-3-5-8-11)19-13(20)9-18-10-14(15,16)17/h3-5,7-8,12,18H,2,6,9-10H2,1H3,(H,19,20). The van der Waals surface area contributed by atoms with Gasteiger partial charge in [-0.3, -0.25) is 4.79 Å². The summed E-state index contributed by atoms with van der Waals surface area (Å²) in [6.45, 7) is 0.487. The van der Waals surface area contributed by atoms with Gasteiger partial charge in [0.15, 0.2) is 0 Å². The van der Waals surface area contributed by atoms with Crippen LogP contribution in [0.2, 0.25) is 0 Å². The van der Waals surface area contributed by atoms with Crippen molar-refractivity contribution in [3.05, 3.63) is 35.9 Å². The summed E-state index contributed by atoms with van der Waals surface area (Å²) in [4.78, 5) is 11.6. The Bertz CT molecular complexity index is 407. The highest BCUT2D eigenvalue weighted by atomic mass is 19.4. The highest BCUT2D eigenvalue weighted by molar-refractivity contribution is 5.78. The molecule has 1 aromatic carbocycles. The highest BCUT2D eigenvalue weighted by Gasteiger charge is 2.26. The molecule has 0 bridgehead atoms. The van der Waals surface area contributed by atoms with Crippen LogP contribution in [0.1, 0.15) is 31.4 Å². The molecule has 20 heavy (non-hydrogen) atoms. The number of nitrogens with one attached hydrogen (secondary N) is 2. The van der Waals surface area contributed by atoms with E-state index >= 15 is 0 Å². The second-order valence-electron chi connectivity index (χ2n) is 4.54. The fourth-order valence-corrected chi connectivity index (χ4v) is 1.86. The molecule has 1 unspecified atom stereocenters. The molecule has 1 aromatic rings. The Balaban J connectivity index is 2.48. The van der Waals surface area contributed by atoms with E-state index in [9.17, 15) is 18.0 Å². The maximum absolute atomic E-state index is 12.0. The zero-order valence-electron chi connectivity index (χ0n) is 11.3. The molecule has 3 nitrogen and oxygen atoms in total. The highest BCUT2D eigenvalue weighted by Crippen LogP contribution is 2.17. The van der Waals surface area contributed by atoms with Crippen molar-refractivity contribution >= 4 is 5.91 Å². The number of hydrogen-bond donors (Lipinski definition) is 2. The van der Waals surface area contributed by atoms with Crippen molar-refractivity contribution in [3.8, 4) is 0 Å². The number of rotatable bonds is 7. The molecule has 0 aliphatic heterocycles. The van der Waals surface area contributed by atoms with Gasteiger partial charge in [-0.15, -0.1) is 0 Å². The van der Waals surface area contributed by atoms with Crippen molar-refractivity contribution < 1.29 is 18.0 Å². The van der Waals surface area contributed by atoms with Crippen LogP contribution in [0, 0.1) is 0 Å². The second kappa shape index (κ2) is 7.89. The molecular weight excluding hydrogens is 269 g/mol. The summed E-state index contributed by atoms with van der Waals surface area (Å²) in [5.74, 6) is -0.434. The molecule has 0 aliphatic carbocycles. The molecular formula is C14H19F3N2O. The molecule has 0 fully saturated rings. The first kappa shape index (κ1) is 16.5. The number of carbonyl (C=O) groups is 1. The van der Waals surface area contributed by atoms with Gasteiger partial charge < -0.3 is 10.6 Å². The molecule has 1 amide bonds. The average Bonchev–Trinajstić information content (AvgIpc) is 2.38. The van der Waals surface area contributed by atoms with Crippen LogP contribution < -0.4 is 10.6 Å². The molecule has 112 valence electrons. The molecule has 0 saturated heterocycles. The van der Waals surface area contributed by atoms with Crippen LogP contribution >= 0.6 is 0 Å². The molecule has 1 rings (SSSR count). The summed E-state index contributed by atoms with van der Waals surface area (Å²) in [5, 5.41) is 4.84. The van der Waals surface area contributed by atoms with Gasteiger partial charge in [0, 0.05) is 0 Å². The zero-order valence-corrected chi connectivity index (χ0v) is 11.3. The molecule has 0 radical (unpaired) electrons. The lowest BCUT2D eigenvalue weighted by atomic mass is 10.0. The third-order valence-corrected chi connectivity index (χ3v) is 2.73. The Hall–Kier alpha value is -1.56. The molecule has 0 saturated carbocycles. The predicted molar refractivity (Wildman–Crippen MR) is 71.2 cm³/mol. The van der Waals surface area contributed by atoms with Gasteiger partial charge in [0.25, 0.3) is 0 Å². The van der Waals surface area contributed by atoms with Crippen LogP contribution in [0.4, 0.5) is 13.2 Å². The Morgan fingerprint density at radius 2 is 1.90 bits per heavy atom. The number of halogens is 3. The van der Waals surface area contributed by atoms with E-state index in [0.717, 1.165) is 18.4 Å². The Kier molecular flexibility index (Phi) is 6.51. The minimum Gasteiger partial charge on any atom is -0.348 e. The van der Waals surface area contributed by atoms with Crippen molar-refractivity contribution in [1.82, 2.24) is 10.6 Å². The molecule has 1 atom stereocenters. The maximum Gasteiger partial charge on any atom is 0.401 e. The Labute approximate surface area is 116 Å². The smallest absolute Gasteiger partial charge is 0.348 e. The maximum atomic E-state index is 12.0. The predicted octanol–water partition coefficient (Wildman–Crippen LogP) is 2.80. The van der Waals surface area contributed by atoms with Gasteiger partial charge in [-0.2, -0.15) is 13.2 Å². The van der Waals surface area contributed by atoms with Crippen molar-refractivity contribution in [2.24, 2.45) is 0 Å². The average molecular weight is 288 g/mol. The number of alkyl halides is 3. The summed E-state index contributed by atoms with van der Waals surface area (Å²) in [6, 6.07) is 9.23. The van der Waals surface area contributed by atoms with Crippen LogP contribution in [-0.2, 0) is 4.79 Å². The monoisotopic (exact) mass is 288 g/mol. The van der Waals surface area contributed by atoms with Gasteiger partial charge in [0.2, 0.25) is 5.91 Å². The van der Waals surface area contributed by atoms with Crippen LogP contribution in [0.5, 0.6) is 0 Å². The van der Waals surface area contributed by atoms with Crippen molar-refractivity contribution in [2.75, 3.05) is 13.1 Å². The van der Waals surface area contributed by atoms with E-state index in [1.165, 1.54) is 0 Å². The van der Waals surface area contributed by atoms with Crippen LogP contribution in [-0.4, -0.2) is 25.2 Å². The van der Waals surface area contributed by atoms with Crippen LogP contribution in [0.3, 0.4) is 0 Å². The minimum atomic E-state index is -4.30. The summed E-state index contributed by atoms with van der Waals surface area (Å²) in [6.07, 6.45) is -2.69. The molecule has 0 aromatic heterocycles. The third kappa shape index (κ3) is 6.56. The molecule has 2 N–H and O–H groups in total. The van der Waals surface area contributed by atoms with E-state index in [-0.39, 0.29) is 12.6 Å². The summed E-state index contributed by atoms with van der Waals surface area (Å²) < 4.78 is 35.9. The molecule has 6 heteroatoms. The molecule has 0 spiro atoms. The fourth-order valence-electron chi connectivity index (χ4n) is 1.86. The number of hydrogen-bond acceptors (Lipinski definition) is 2. The van der Waals surface area contributed by atoms with Crippen molar-refractivity contribution in [1.29, 1.82) is 0 Å². The van der Waals surface area contributed by atoms with Crippen molar-refractivity contribution in [3.63, 3.8) is 0 Å². The van der Waals surface area contributed by atoms with E-state index < -0.39 is 18.6 Å².